The van der Waals surface area contributed by atoms with Gasteiger partial charge in [-0.1, -0.05) is 0 Å². The lowest BCUT2D eigenvalue weighted by Gasteiger charge is -2.16. The van der Waals surface area contributed by atoms with Crippen LogP contribution in [0.5, 0.6) is 0 Å². The molecule has 0 saturated carbocycles. The van der Waals surface area contributed by atoms with Crippen LogP contribution < -0.4 is 0 Å². The number of rotatable bonds is 6. The maximum absolute atomic E-state index is 8.45. The molecular formula is C12H16N2O4. The van der Waals surface area contributed by atoms with E-state index in [2.05, 4.69) is 0 Å². The molecule has 0 aromatic rings. The summed E-state index contributed by atoms with van der Waals surface area (Å²) in [5.41, 5.74) is 0. The van der Waals surface area contributed by atoms with Crippen molar-refractivity contribution < 1.29 is 18.9 Å². The lowest BCUT2D eigenvalue weighted by molar-refractivity contribution is -0.0484. The van der Waals surface area contributed by atoms with E-state index in [0.717, 1.165) is 0 Å². The molecule has 98 valence electrons. The average Bonchev–Trinajstić information content (AvgIpc) is 2.94. The highest BCUT2D eigenvalue weighted by molar-refractivity contribution is 4.96. The van der Waals surface area contributed by atoms with Crippen LogP contribution in [-0.2, 0) is 18.9 Å². The van der Waals surface area contributed by atoms with Gasteiger partial charge in [-0.05, 0) is 0 Å². The highest BCUT2D eigenvalue weighted by Crippen LogP contribution is 2.30. The number of hydrogen-bond acceptors (Lipinski definition) is 6. The Hall–Kier alpha value is -1.18. The van der Waals surface area contributed by atoms with Gasteiger partial charge >= 0.3 is 0 Å². The summed E-state index contributed by atoms with van der Waals surface area (Å²) in [6, 6.07) is 4.07. The SMILES string of the molecule is N#CCCOC1COC2C1OC[C@@H]2OCCC#N. The molecule has 0 aromatic heterocycles. The van der Waals surface area contributed by atoms with E-state index in [9.17, 15) is 0 Å². The van der Waals surface area contributed by atoms with Gasteiger partial charge in [-0.3, -0.25) is 0 Å². The second-order valence-electron chi connectivity index (χ2n) is 4.23. The monoisotopic (exact) mass is 252 g/mol. The van der Waals surface area contributed by atoms with Crippen molar-refractivity contribution in [1.29, 1.82) is 10.5 Å². The van der Waals surface area contributed by atoms with E-state index in [0.29, 0.717) is 39.3 Å². The highest BCUT2D eigenvalue weighted by Gasteiger charge is 2.48. The maximum atomic E-state index is 8.45. The Bertz CT molecular complexity index is 315. The Balaban J connectivity index is 1.76. The molecule has 2 saturated heterocycles. The summed E-state index contributed by atoms with van der Waals surface area (Å²) in [4.78, 5) is 0. The van der Waals surface area contributed by atoms with Crippen LogP contribution >= 0.6 is 0 Å². The van der Waals surface area contributed by atoms with E-state index in [-0.39, 0.29) is 24.4 Å². The van der Waals surface area contributed by atoms with Crippen LogP contribution in [0.25, 0.3) is 0 Å². The summed E-state index contributed by atoms with van der Waals surface area (Å²) >= 11 is 0. The van der Waals surface area contributed by atoms with Gasteiger partial charge in [-0.15, -0.1) is 0 Å². The fourth-order valence-electron chi connectivity index (χ4n) is 2.23. The van der Waals surface area contributed by atoms with Crippen LogP contribution in [0.1, 0.15) is 12.8 Å². The molecule has 0 N–H and O–H groups in total. The fraction of sp³-hybridized carbons (Fsp3) is 0.833. The molecule has 2 heterocycles. The van der Waals surface area contributed by atoms with Crippen LogP contribution in [0.4, 0.5) is 0 Å². The average molecular weight is 252 g/mol. The molecule has 2 fully saturated rings. The third-order valence-corrected chi connectivity index (χ3v) is 3.05. The van der Waals surface area contributed by atoms with E-state index in [1.54, 1.807) is 0 Å². The molecule has 2 rings (SSSR count). The van der Waals surface area contributed by atoms with Crippen molar-refractivity contribution in [3.05, 3.63) is 0 Å². The standard InChI is InChI=1S/C12H16N2O4/c13-3-1-5-15-9-7-17-12-10(8-18-11(9)12)16-6-2-4-14/h9-12H,1-2,5-8H2/t9-,10?,11?,12?/m0/s1. The van der Waals surface area contributed by atoms with Crippen molar-refractivity contribution in [2.75, 3.05) is 26.4 Å². The van der Waals surface area contributed by atoms with E-state index in [1.807, 2.05) is 12.1 Å². The quantitative estimate of drug-likeness (QED) is 0.635. The van der Waals surface area contributed by atoms with Crippen molar-refractivity contribution in [3.63, 3.8) is 0 Å². The van der Waals surface area contributed by atoms with Gasteiger partial charge in [0.2, 0.25) is 0 Å². The van der Waals surface area contributed by atoms with Crippen molar-refractivity contribution in [3.8, 4) is 12.1 Å². The molecule has 0 radical (unpaired) electrons. The van der Waals surface area contributed by atoms with E-state index in [4.69, 9.17) is 29.5 Å². The molecule has 3 unspecified atom stereocenters. The molecule has 0 aliphatic carbocycles. The Morgan fingerprint density at radius 1 is 0.889 bits per heavy atom. The highest BCUT2D eigenvalue weighted by atomic mass is 16.6. The second-order valence-corrected chi connectivity index (χ2v) is 4.23. The predicted molar refractivity (Wildman–Crippen MR) is 59.4 cm³/mol. The Morgan fingerprint density at radius 2 is 1.33 bits per heavy atom. The molecule has 2 aliphatic rings. The summed E-state index contributed by atoms with van der Waals surface area (Å²) in [7, 11) is 0. The van der Waals surface area contributed by atoms with Gasteiger partial charge in [-0.25, -0.2) is 0 Å². The predicted octanol–water partition coefficient (Wildman–Crippen LogP) is 0.382. The van der Waals surface area contributed by atoms with Gasteiger partial charge in [0.15, 0.2) is 0 Å². The molecular weight excluding hydrogens is 236 g/mol. The Morgan fingerprint density at radius 3 is 1.72 bits per heavy atom. The largest absolute Gasteiger partial charge is 0.372 e. The number of nitrogens with zero attached hydrogens (tertiary/aromatic N) is 2. The van der Waals surface area contributed by atoms with E-state index < -0.39 is 0 Å². The first kappa shape index (κ1) is 13.3. The first-order valence-corrected chi connectivity index (χ1v) is 6.07. The summed E-state index contributed by atoms with van der Waals surface area (Å²) in [6.07, 6.45) is 0.277. The maximum Gasteiger partial charge on any atom is 0.115 e. The fourth-order valence-corrected chi connectivity index (χ4v) is 2.23. The molecule has 6 nitrogen and oxygen atoms in total. The normalized spacial score (nSPS) is 33.9. The van der Waals surface area contributed by atoms with Crippen LogP contribution in [0.3, 0.4) is 0 Å². The van der Waals surface area contributed by atoms with Gasteiger partial charge in [-0.2, -0.15) is 10.5 Å². The van der Waals surface area contributed by atoms with Crippen LogP contribution in [0.15, 0.2) is 0 Å². The van der Waals surface area contributed by atoms with Crippen LogP contribution in [0.2, 0.25) is 0 Å². The molecule has 2 aliphatic heterocycles. The minimum absolute atomic E-state index is 0.115. The van der Waals surface area contributed by atoms with Gasteiger partial charge in [0.1, 0.15) is 24.4 Å². The first-order chi connectivity index (χ1) is 8.86. The van der Waals surface area contributed by atoms with Crippen molar-refractivity contribution in [1.82, 2.24) is 0 Å². The number of ether oxygens (including phenoxy) is 4. The van der Waals surface area contributed by atoms with E-state index in [1.165, 1.54) is 0 Å². The minimum atomic E-state index is -0.118. The molecule has 0 amide bonds. The molecule has 6 heteroatoms. The summed E-state index contributed by atoms with van der Waals surface area (Å²) in [6.45, 7) is 1.74. The summed E-state index contributed by atoms with van der Waals surface area (Å²) in [5, 5.41) is 16.9. The number of fused-ring (bicyclic) bond motifs is 1. The number of nitriles is 2. The van der Waals surface area contributed by atoms with Crippen molar-refractivity contribution in [2.45, 2.75) is 37.3 Å². The smallest absolute Gasteiger partial charge is 0.115 e. The van der Waals surface area contributed by atoms with Gasteiger partial charge in [0, 0.05) is 0 Å². The van der Waals surface area contributed by atoms with Gasteiger partial charge < -0.3 is 18.9 Å². The summed E-state index contributed by atoms with van der Waals surface area (Å²) < 4.78 is 22.3. The van der Waals surface area contributed by atoms with Crippen LogP contribution in [0, 0.1) is 22.7 Å². The third kappa shape index (κ3) is 2.98. The summed E-state index contributed by atoms with van der Waals surface area (Å²) in [5.74, 6) is 0. The topological polar surface area (TPSA) is 84.5 Å². The molecule has 0 bridgehead atoms. The zero-order valence-corrected chi connectivity index (χ0v) is 10.1. The zero-order chi connectivity index (χ0) is 12.8. The Kier molecular flexibility index (Phi) is 4.91. The lowest BCUT2D eigenvalue weighted by Crippen LogP contribution is -2.34. The van der Waals surface area contributed by atoms with Gasteiger partial charge in [0.05, 0.1) is 51.4 Å². The second kappa shape index (κ2) is 6.67. The van der Waals surface area contributed by atoms with Crippen LogP contribution in [-0.4, -0.2) is 50.8 Å². The molecule has 0 spiro atoms. The lowest BCUT2D eigenvalue weighted by atomic mass is 10.1. The van der Waals surface area contributed by atoms with Gasteiger partial charge in [0.25, 0.3) is 0 Å². The number of hydrogen-bond donors (Lipinski definition) is 0. The van der Waals surface area contributed by atoms with Crippen molar-refractivity contribution in [2.24, 2.45) is 0 Å². The zero-order valence-electron chi connectivity index (χ0n) is 10.1. The van der Waals surface area contributed by atoms with E-state index >= 15 is 0 Å². The molecule has 18 heavy (non-hydrogen) atoms. The first-order valence-electron chi connectivity index (χ1n) is 6.07. The minimum Gasteiger partial charge on any atom is -0.372 e. The third-order valence-electron chi connectivity index (χ3n) is 3.05. The Labute approximate surface area is 106 Å². The van der Waals surface area contributed by atoms with Crippen molar-refractivity contribution >= 4 is 0 Å². The molecule has 0 aromatic carbocycles. The molecule has 4 atom stereocenters.